The third kappa shape index (κ3) is 3.40. The van der Waals surface area contributed by atoms with Crippen LogP contribution in [0.2, 0.25) is 0 Å². The lowest BCUT2D eigenvalue weighted by atomic mass is 10.1. The molecule has 0 saturated heterocycles. The van der Waals surface area contributed by atoms with Crippen LogP contribution in [0.3, 0.4) is 0 Å². The van der Waals surface area contributed by atoms with Crippen molar-refractivity contribution in [3.63, 3.8) is 0 Å². The van der Waals surface area contributed by atoms with Gasteiger partial charge in [0.15, 0.2) is 0 Å². The zero-order valence-electron chi connectivity index (χ0n) is 16.7. The van der Waals surface area contributed by atoms with Gasteiger partial charge in [-0.05, 0) is 62.1 Å². The lowest BCUT2D eigenvalue weighted by Gasteiger charge is -2.18. The van der Waals surface area contributed by atoms with Gasteiger partial charge in [0, 0.05) is 17.8 Å². The molecule has 148 valence electrons. The van der Waals surface area contributed by atoms with Crippen molar-refractivity contribution in [2.75, 3.05) is 11.4 Å². The van der Waals surface area contributed by atoms with Crippen molar-refractivity contribution in [1.29, 1.82) is 0 Å². The number of aromatic nitrogens is 2. The summed E-state index contributed by atoms with van der Waals surface area (Å²) >= 11 is 0. The van der Waals surface area contributed by atoms with Gasteiger partial charge in [0.2, 0.25) is 0 Å². The lowest BCUT2D eigenvalue weighted by Crippen LogP contribution is -2.28. The van der Waals surface area contributed by atoms with E-state index in [1.54, 1.807) is 18.5 Å². The number of nitrogens with zero attached hydrogens (tertiary/aromatic N) is 4. The molecule has 0 atom stereocenters. The van der Waals surface area contributed by atoms with Gasteiger partial charge in [0.1, 0.15) is 11.4 Å². The summed E-state index contributed by atoms with van der Waals surface area (Å²) in [6, 6.07) is 13.6. The summed E-state index contributed by atoms with van der Waals surface area (Å²) in [5, 5.41) is 15.5. The van der Waals surface area contributed by atoms with Crippen LogP contribution in [0, 0.1) is 30.9 Å². The molecule has 7 heteroatoms. The molecule has 3 aromatic rings. The second-order valence-corrected chi connectivity index (χ2v) is 7.47. The van der Waals surface area contributed by atoms with Gasteiger partial charge < -0.3 is 4.90 Å². The van der Waals surface area contributed by atoms with E-state index in [1.165, 1.54) is 5.56 Å². The molecule has 0 radical (unpaired) electrons. The van der Waals surface area contributed by atoms with E-state index in [4.69, 9.17) is 0 Å². The first-order chi connectivity index (χ1) is 13.8. The highest BCUT2D eigenvalue weighted by Crippen LogP contribution is 2.30. The van der Waals surface area contributed by atoms with Crippen LogP contribution in [0.15, 0.2) is 42.5 Å². The molecule has 0 unspecified atom stereocenters. The van der Waals surface area contributed by atoms with Gasteiger partial charge in [-0.3, -0.25) is 19.6 Å². The Hall–Kier alpha value is -3.48. The number of anilines is 1. The van der Waals surface area contributed by atoms with E-state index in [0.29, 0.717) is 30.0 Å². The molecule has 1 aliphatic rings. The van der Waals surface area contributed by atoms with E-state index in [-0.39, 0.29) is 11.6 Å². The molecule has 2 heterocycles. The third-order valence-corrected chi connectivity index (χ3v) is 5.44. The summed E-state index contributed by atoms with van der Waals surface area (Å²) in [5.41, 5.74) is 5.87. The zero-order valence-corrected chi connectivity index (χ0v) is 16.7. The van der Waals surface area contributed by atoms with E-state index in [0.717, 1.165) is 23.2 Å². The molecular weight excluding hydrogens is 368 g/mol. The van der Waals surface area contributed by atoms with Gasteiger partial charge in [-0.1, -0.05) is 24.3 Å². The molecule has 7 nitrogen and oxygen atoms in total. The van der Waals surface area contributed by atoms with Crippen molar-refractivity contribution in [3.05, 3.63) is 86.2 Å². The summed E-state index contributed by atoms with van der Waals surface area (Å²) in [7, 11) is 0. The number of hydrogen-bond acceptors (Lipinski definition) is 4. The van der Waals surface area contributed by atoms with Crippen molar-refractivity contribution in [2.24, 2.45) is 0 Å². The van der Waals surface area contributed by atoms with Crippen LogP contribution in [0.5, 0.6) is 0 Å². The monoisotopic (exact) mass is 390 g/mol. The fourth-order valence-corrected chi connectivity index (χ4v) is 3.89. The Morgan fingerprint density at radius 3 is 2.52 bits per heavy atom. The van der Waals surface area contributed by atoms with E-state index in [2.05, 4.69) is 23.3 Å². The number of nitro groups is 1. The third-order valence-electron chi connectivity index (χ3n) is 5.44. The second-order valence-electron chi connectivity index (χ2n) is 7.47. The van der Waals surface area contributed by atoms with Crippen LogP contribution in [-0.4, -0.2) is 27.2 Å². The van der Waals surface area contributed by atoms with Crippen molar-refractivity contribution in [3.8, 4) is 0 Å². The number of carbonyl (C=O) groups is 1. The first-order valence-corrected chi connectivity index (χ1v) is 9.54. The molecule has 0 aliphatic carbocycles. The van der Waals surface area contributed by atoms with E-state index in [1.807, 2.05) is 36.1 Å². The number of fused-ring (bicyclic) bond motifs is 1. The maximum absolute atomic E-state index is 13.0. The number of hydrogen-bond donors (Lipinski definition) is 0. The van der Waals surface area contributed by atoms with Gasteiger partial charge in [-0.2, -0.15) is 5.10 Å². The highest BCUT2D eigenvalue weighted by molar-refractivity contribution is 6.07. The smallest absolute Gasteiger partial charge is 0.308 e. The summed E-state index contributed by atoms with van der Waals surface area (Å²) < 4.78 is 1.63. The predicted molar refractivity (Wildman–Crippen MR) is 110 cm³/mol. The first-order valence-electron chi connectivity index (χ1n) is 9.54. The molecule has 0 fully saturated rings. The number of amides is 1. The Bertz CT molecular complexity index is 1120. The molecule has 29 heavy (non-hydrogen) atoms. The molecule has 0 N–H and O–H groups in total. The molecule has 1 amide bonds. The Morgan fingerprint density at radius 1 is 1.14 bits per heavy atom. The van der Waals surface area contributed by atoms with Crippen LogP contribution in [0.1, 0.15) is 38.4 Å². The van der Waals surface area contributed by atoms with Crippen LogP contribution >= 0.6 is 0 Å². The summed E-state index contributed by atoms with van der Waals surface area (Å²) in [6.07, 6.45) is 0.871. The minimum absolute atomic E-state index is 0.0114. The summed E-state index contributed by atoms with van der Waals surface area (Å²) in [4.78, 5) is 25.6. The highest BCUT2D eigenvalue weighted by Gasteiger charge is 2.26. The molecule has 4 rings (SSSR count). The van der Waals surface area contributed by atoms with Crippen molar-refractivity contribution < 1.29 is 9.72 Å². The molecule has 1 aromatic heterocycles. The molecule has 0 bridgehead atoms. The summed E-state index contributed by atoms with van der Waals surface area (Å²) in [6.45, 7) is 6.47. The SMILES string of the molecule is Cc1ccc2c(c1)N(C(=O)c1ccc(Cn3nc(C)c([N+](=O)[O-])c3C)cc1)CC2. The van der Waals surface area contributed by atoms with Gasteiger partial charge in [-0.15, -0.1) is 0 Å². The first kappa shape index (κ1) is 18.9. The van der Waals surface area contributed by atoms with E-state index in [9.17, 15) is 14.9 Å². The minimum atomic E-state index is -0.397. The van der Waals surface area contributed by atoms with Crippen molar-refractivity contribution >= 4 is 17.3 Å². The molecule has 2 aromatic carbocycles. The van der Waals surface area contributed by atoms with Crippen molar-refractivity contribution in [1.82, 2.24) is 9.78 Å². The van der Waals surface area contributed by atoms with Crippen LogP contribution in [0.4, 0.5) is 11.4 Å². The quantitative estimate of drug-likeness (QED) is 0.499. The fraction of sp³-hybridized carbons (Fsp3) is 0.273. The number of rotatable bonds is 4. The average Bonchev–Trinajstić information content (AvgIpc) is 3.22. The minimum Gasteiger partial charge on any atom is -0.308 e. The normalized spacial score (nSPS) is 12.9. The van der Waals surface area contributed by atoms with Gasteiger partial charge in [0.25, 0.3) is 5.91 Å². The zero-order chi connectivity index (χ0) is 20.7. The Balaban J connectivity index is 1.54. The van der Waals surface area contributed by atoms with Gasteiger partial charge in [-0.25, -0.2) is 0 Å². The Labute approximate surface area is 168 Å². The lowest BCUT2D eigenvalue weighted by molar-refractivity contribution is -0.386. The standard InChI is InChI=1S/C22H22N4O3/c1-14-4-7-18-10-11-24(20(18)12-14)22(27)19-8-5-17(6-9-19)13-25-16(3)21(26(28)29)15(2)23-25/h4-9,12H,10-11,13H2,1-3H3. The maximum atomic E-state index is 13.0. The molecule has 0 spiro atoms. The van der Waals surface area contributed by atoms with Crippen molar-refractivity contribution in [2.45, 2.75) is 33.7 Å². The number of aryl methyl sites for hydroxylation is 2. The number of carbonyl (C=O) groups excluding carboxylic acids is 1. The van der Waals surface area contributed by atoms with Gasteiger partial charge >= 0.3 is 5.69 Å². The molecule has 1 aliphatic heterocycles. The molecule has 0 saturated carbocycles. The summed E-state index contributed by atoms with van der Waals surface area (Å²) in [5.74, 6) is -0.0114. The molecular formula is C22H22N4O3. The Morgan fingerprint density at radius 2 is 1.86 bits per heavy atom. The number of benzene rings is 2. The average molecular weight is 390 g/mol. The predicted octanol–water partition coefficient (Wildman–Crippen LogP) is 3.97. The second kappa shape index (κ2) is 7.16. The van der Waals surface area contributed by atoms with E-state index < -0.39 is 4.92 Å². The van der Waals surface area contributed by atoms with Gasteiger partial charge in [0.05, 0.1) is 11.5 Å². The van der Waals surface area contributed by atoms with E-state index >= 15 is 0 Å². The fourth-order valence-electron chi connectivity index (χ4n) is 3.89. The van der Waals surface area contributed by atoms with Crippen LogP contribution < -0.4 is 4.90 Å². The largest absolute Gasteiger partial charge is 0.312 e. The topological polar surface area (TPSA) is 81.3 Å². The maximum Gasteiger partial charge on any atom is 0.312 e. The highest BCUT2D eigenvalue weighted by atomic mass is 16.6. The van der Waals surface area contributed by atoms with Crippen LogP contribution in [-0.2, 0) is 13.0 Å². The van der Waals surface area contributed by atoms with Crippen LogP contribution in [0.25, 0.3) is 0 Å². The Kier molecular flexibility index (Phi) is 4.66.